The zero-order valence-corrected chi connectivity index (χ0v) is 11.8. The minimum Gasteiger partial charge on any atom is -0.384 e. The van der Waals surface area contributed by atoms with E-state index in [1.807, 2.05) is 0 Å². The van der Waals surface area contributed by atoms with Gasteiger partial charge in [-0.3, -0.25) is 4.79 Å². The maximum Gasteiger partial charge on any atom is 0.389 e. The molecule has 1 fully saturated rings. The number of unbranched alkanes of at least 4 members (excludes halogenated alkanes) is 1. The zero-order valence-electron chi connectivity index (χ0n) is 11.8. The number of hydrogen-bond acceptors (Lipinski definition) is 3. The highest BCUT2D eigenvalue weighted by Crippen LogP contribution is 2.29. The number of piperidine rings is 1. The number of carbonyl (C=O) groups excluding carboxylic acids is 1. The molecule has 2 N–H and O–H groups in total. The van der Waals surface area contributed by atoms with E-state index in [1.54, 1.807) is 7.11 Å². The van der Waals surface area contributed by atoms with Gasteiger partial charge in [-0.2, -0.15) is 13.2 Å². The zero-order chi connectivity index (χ0) is 15.1. The first-order chi connectivity index (χ1) is 9.40. The van der Waals surface area contributed by atoms with E-state index in [2.05, 4.69) is 10.6 Å². The summed E-state index contributed by atoms with van der Waals surface area (Å²) in [6.45, 7) is 2.15. The van der Waals surface area contributed by atoms with Crippen molar-refractivity contribution in [3.63, 3.8) is 0 Å². The van der Waals surface area contributed by atoms with Gasteiger partial charge in [-0.1, -0.05) is 0 Å². The Balaban J connectivity index is 2.32. The lowest BCUT2D eigenvalue weighted by atomic mass is 9.78. The fourth-order valence-electron chi connectivity index (χ4n) is 2.46. The number of amides is 1. The van der Waals surface area contributed by atoms with Crippen molar-refractivity contribution < 1.29 is 22.7 Å². The second kappa shape index (κ2) is 7.83. The number of carbonyl (C=O) groups is 1. The molecule has 0 aliphatic carbocycles. The molecule has 0 saturated carbocycles. The Morgan fingerprint density at radius 1 is 1.30 bits per heavy atom. The van der Waals surface area contributed by atoms with Gasteiger partial charge in [0, 0.05) is 20.1 Å². The van der Waals surface area contributed by atoms with E-state index < -0.39 is 18.0 Å². The number of rotatable bonds is 7. The van der Waals surface area contributed by atoms with E-state index in [0.717, 1.165) is 13.1 Å². The molecule has 7 heteroatoms. The van der Waals surface area contributed by atoms with Crippen molar-refractivity contribution in [1.82, 2.24) is 10.6 Å². The molecule has 1 rings (SSSR count). The van der Waals surface area contributed by atoms with Crippen molar-refractivity contribution in [2.24, 2.45) is 5.41 Å². The number of nitrogens with one attached hydrogen (secondary N) is 2. The first-order valence-electron chi connectivity index (χ1n) is 6.94. The van der Waals surface area contributed by atoms with Gasteiger partial charge in [0.1, 0.15) is 0 Å². The van der Waals surface area contributed by atoms with Crippen LogP contribution in [0.3, 0.4) is 0 Å². The maximum absolute atomic E-state index is 12.2. The third-order valence-electron chi connectivity index (χ3n) is 3.64. The van der Waals surface area contributed by atoms with E-state index >= 15 is 0 Å². The minimum absolute atomic E-state index is 0.0443. The average Bonchev–Trinajstić information content (AvgIpc) is 2.38. The fourth-order valence-corrected chi connectivity index (χ4v) is 2.46. The molecule has 1 aliphatic rings. The molecule has 1 amide bonds. The first kappa shape index (κ1) is 17.2. The van der Waals surface area contributed by atoms with Gasteiger partial charge >= 0.3 is 6.18 Å². The van der Waals surface area contributed by atoms with Crippen molar-refractivity contribution >= 4 is 5.91 Å². The van der Waals surface area contributed by atoms with E-state index in [-0.39, 0.29) is 18.9 Å². The second-order valence-corrected chi connectivity index (χ2v) is 5.29. The molecule has 0 aromatic rings. The summed E-state index contributed by atoms with van der Waals surface area (Å²) in [5.74, 6) is -0.104. The van der Waals surface area contributed by atoms with Crippen molar-refractivity contribution in [3.8, 4) is 0 Å². The summed E-state index contributed by atoms with van der Waals surface area (Å²) in [6.07, 6.45) is -3.15. The van der Waals surface area contributed by atoms with Gasteiger partial charge in [0.05, 0.1) is 12.0 Å². The monoisotopic (exact) mass is 296 g/mol. The van der Waals surface area contributed by atoms with Crippen LogP contribution in [0.2, 0.25) is 0 Å². The lowest BCUT2D eigenvalue weighted by Gasteiger charge is -2.35. The van der Waals surface area contributed by atoms with Gasteiger partial charge in [0.2, 0.25) is 5.91 Å². The lowest BCUT2D eigenvalue weighted by Crippen LogP contribution is -2.50. The summed E-state index contributed by atoms with van der Waals surface area (Å²) < 4.78 is 41.1. The van der Waals surface area contributed by atoms with Gasteiger partial charge in [-0.25, -0.2) is 0 Å². The molecule has 1 heterocycles. The Kier molecular flexibility index (Phi) is 6.75. The van der Waals surface area contributed by atoms with E-state index in [1.165, 1.54) is 0 Å². The summed E-state index contributed by atoms with van der Waals surface area (Å²) in [7, 11) is 1.56. The molecule has 1 aliphatic heterocycles. The summed E-state index contributed by atoms with van der Waals surface area (Å²) in [6, 6.07) is 0. The molecule has 0 aromatic heterocycles. The van der Waals surface area contributed by atoms with Crippen molar-refractivity contribution in [1.29, 1.82) is 0 Å². The van der Waals surface area contributed by atoms with Crippen LogP contribution in [0, 0.1) is 5.41 Å². The highest BCUT2D eigenvalue weighted by molar-refractivity contribution is 5.82. The van der Waals surface area contributed by atoms with Crippen molar-refractivity contribution in [3.05, 3.63) is 0 Å². The van der Waals surface area contributed by atoms with Crippen LogP contribution in [0.15, 0.2) is 0 Å². The highest BCUT2D eigenvalue weighted by Gasteiger charge is 2.39. The molecule has 4 nitrogen and oxygen atoms in total. The SMILES string of the molecule is COCC1(C(=O)NCCCCC(F)(F)F)CCNCC1. The molecular formula is C13H23F3N2O2. The van der Waals surface area contributed by atoms with Crippen LogP contribution in [0.5, 0.6) is 0 Å². The smallest absolute Gasteiger partial charge is 0.384 e. The molecule has 0 bridgehead atoms. The van der Waals surface area contributed by atoms with Gasteiger partial charge in [0.25, 0.3) is 0 Å². The Labute approximate surface area is 117 Å². The Morgan fingerprint density at radius 3 is 2.50 bits per heavy atom. The van der Waals surface area contributed by atoms with Crippen LogP contribution in [0.1, 0.15) is 32.1 Å². The topological polar surface area (TPSA) is 50.4 Å². The Bertz CT molecular complexity index is 297. The fraction of sp³-hybridized carbons (Fsp3) is 0.923. The number of halogens is 3. The van der Waals surface area contributed by atoms with Crippen LogP contribution in [0.4, 0.5) is 13.2 Å². The molecule has 1 saturated heterocycles. The number of methoxy groups -OCH3 is 1. The normalized spacial score (nSPS) is 18.8. The van der Waals surface area contributed by atoms with E-state index in [0.29, 0.717) is 25.9 Å². The van der Waals surface area contributed by atoms with Crippen molar-refractivity contribution in [2.45, 2.75) is 38.3 Å². The quantitative estimate of drug-likeness (QED) is 0.705. The summed E-state index contributed by atoms with van der Waals surface area (Å²) >= 11 is 0. The highest BCUT2D eigenvalue weighted by atomic mass is 19.4. The van der Waals surface area contributed by atoms with Crippen molar-refractivity contribution in [2.75, 3.05) is 33.4 Å². The van der Waals surface area contributed by atoms with Gasteiger partial charge in [-0.15, -0.1) is 0 Å². The maximum atomic E-state index is 12.2. The molecular weight excluding hydrogens is 273 g/mol. The van der Waals surface area contributed by atoms with Crippen LogP contribution in [-0.4, -0.2) is 45.4 Å². The molecule has 0 unspecified atom stereocenters. The van der Waals surface area contributed by atoms with Gasteiger partial charge < -0.3 is 15.4 Å². The largest absolute Gasteiger partial charge is 0.389 e. The third-order valence-corrected chi connectivity index (χ3v) is 3.64. The van der Waals surface area contributed by atoms with Crippen LogP contribution < -0.4 is 10.6 Å². The minimum atomic E-state index is -4.11. The molecule has 118 valence electrons. The second-order valence-electron chi connectivity index (χ2n) is 5.29. The predicted molar refractivity (Wildman–Crippen MR) is 69.3 cm³/mol. The van der Waals surface area contributed by atoms with E-state index in [4.69, 9.17) is 4.74 Å². The van der Waals surface area contributed by atoms with Crippen LogP contribution in [0.25, 0.3) is 0 Å². The third kappa shape index (κ3) is 5.66. The first-order valence-corrected chi connectivity index (χ1v) is 6.94. The summed E-state index contributed by atoms with van der Waals surface area (Å²) in [4.78, 5) is 12.2. The van der Waals surface area contributed by atoms with Gasteiger partial charge in [0.15, 0.2) is 0 Å². The Morgan fingerprint density at radius 2 is 1.95 bits per heavy atom. The van der Waals surface area contributed by atoms with Crippen LogP contribution in [-0.2, 0) is 9.53 Å². The number of ether oxygens (including phenoxy) is 1. The molecule has 0 spiro atoms. The molecule has 0 atom stereocenters. The van der Waals surface area contributed by atoms with E-state index in [9.17, 15) is 18.0 Å². The molecule has 0 aromatic carbocycles. The molecule has 0 radical (unpaired) electrons. The number of alkyl halides is 3. The standard InChI is InChI=1S/C13H23F3N2O2/c1-20-10-12(5-8-17-9-6-12)11(19)18-7-3-2-4-13(14,15)16/h17H,2-10H2,1H3,(H,18,19). The summed E-state index contributed by atoms with van der Waals surface area (Å²) in [5.41, 5.74) is -0.538. The van der Waals surface area contributed by atoms with Crippen LogP contribution >= 0.6 is 0 Å². The summed E-state index contributed by atoms with van der Waals surface area (Å²) in [5, 5.41) is 5.94. The van der Waals surface area contributed by atoms with Gasteiger partial charge in [-0.05, 0) is 38.8 Å². The Hall–Kier alpha value is -0.820. The number of hydrogen-bond donors (Lipinski definition) is 2. The average molecular weight is 296 g/mol. The molecule has 20 heavy (non-hydrogen) atoms. The predicted octanol–water partition coefficient (Wildman–Crippen LogP) is 1.85. The lowest BCUT2D eigenvalue weighted by molar-refractivity contribution is -0.136.